The second kappa shape index (κ2) is 1.96. The molecule has 0 aromatic carbocycles. The first-order chi connectivity index (χ1) is 4.42. The number of ether oxygens (including phenoxy) is 2. The second-order valence-electron chi connectivity index (χ2n) is 2.75. The zero-order valence-electron chi connectivity index (χ0n) is 5.67. The van der Waals surface area contributed by atoms with Gasteiger partial charge in [0, 0.05) is 6.61 Å². The fourth-order valence-electron chi connectivity index (χ4n) is 1.62. The van der Waals surface area contributed by atoms with Crippen molar-refractivity contribution in [2.75, 3.05) is 6.61 Å². The topological polar surface area (TPSA) is 18.5 Å². The highest BCUT2D eigenvalue weighted by Crippen LogP contribution is 2.33. The largest absolute Gasteiger partial charge is 0.373 e. The maximum Gasteiger partial charge on any atom is 0.110 e. The number of hydrogen-bond donors (Lipinski definition) is 0. The summed E-state index contributed by atoms with van der Waals surface area (Å²) in [6, 6.07) is 0. The van der Waals surface area contributed by atoms with E-state index < -0.39 is 0 Å². The molecule has 0 saturated carbocycles. The molecular formula is C7H12O2. The van der Waals surface area contributed by atoms with Crippen LogP contribution in [-0.2, 0) is 9.47 Å². The molecule has 9 heavy (non-hydrogen) atoms. The van der Waals surface area contributed by atoms with Gasteiger partial charge in [0.05, 0.1) is 12.2 Å². The van der Waals surface area contributed by atoms with Crippen LogP contribution in [0.5, 0.6) is 0 Å². The minimum Gasteiger partial charge on any atom is -0.373 e. The van der Waals surface area contributed by atoms with E-state index in [0.29, 0.717) is 18.3 Å². The van der Waals surface area contributed by atoms with Gasteiger partial charge in [0.2, 0.25) is 0 Å². The van der Waals surface area contributed by atoms with Gasteiger partial charge in [-0.3, -0.25) is 0 Å². The molecule has 0 aromatic heterocycles. The summed E-state index contributed by atoms with van der Waals surface area (Å²) < 4.78 is 10.9. The molecule has 0 aromatic rings. The van der Waals surface area contributed by atoms with E-state index in [-0.39, 0.29) is 0 Å². The van der Waals surface area contributed by atoms with Crippen LogP contribution in [0.2, 0.25) is 0 Å². The van der Waals surface area contributed by atoms with Gasteiger partial charge in [-0.05, 0) is 12.8 Å². The van der Waals surface area contributed by atoms with Crippen LogP contribution < -0.4 is 0 Å². The normalized spacial score (nSPS) is 48.3. The highest BCUT2D eigenvalue weighted by molar-refractivity contribution is 4.92. The zero-order chi connectivity index (χ0) is 6.27. The molecule has 2 saturated heterocycles. The predicted octanol–water partition coefficient (Wildman–Crippen LogP) is 0.953. The van der Waals surface area contributed by atoms with Crippen molar-refractivity contribution in [3.8, 4) is 0 Å². The summed E-state index contributed by atoms with van der Waals surface area (Å²) in [6.45, 7) is 3.05. The van der Waals surface area contributed by atoms with Crippen molar-refractivity contribution >= 4 is 0 Å². The van der Waals surface area contributed by atoms with Gasteiger partial charge >= 0.3 is 0 Å². The van der Waals surface area contributed by atoms with E-state index in [9.17, 15) is 0 Å². The molecule has 2 nitrogen and oxygen atoms in total. The fourth-order valence-corrected chi connectivity index (χ4v) is 1.62. The van der Waals surface area contributed by atoms with E-state index in [1.165, 1.54) is 0 Å². The van der Waals surface area contributed by atoms with Gasteiger partial charge in [0.25, 0.3) is 0 Å². The lowest BCUT2D eigenvalue weighted by atomic mass is 9.99. The lowest BCUT2D eigenvalue weighted by Gasteiger charge is -2.38. The first kappa shape index (κ1) is 5.69. The minimum absolute atomic E-state index is 0.414. The number of hydrogen-bond acceptors (Lipinski definition) is 2. The SMILES string of the molecule is CC[C@@H]1O[C@@H]2CCO[C@H]12. The summed E-state index contributed by atoms with van der Waals surface area (Å²) in [5, 5.41) is 0. The molecule has 0 unspecified atom stereocenters. The van der Waals surface area contributed by atoms with Crippen LogP contribution in [0.3, 0.4) is 0 Å². The van der Waals surface area contributed by atoms with Gasteiger partial charge in [-0.2, -0.15) is 0 Å². The smallest absolute Gasteiger partial charge is 0.110 e. The Morgan fingerprint density at radius 1 is 1.56 bits per heavy atom. The predicted molar refractivity (Wildman–Crippen MR) is 33.3 cm³/mol. The molecule has 3 atom stereocenters. The lowest BCUT2D eigenvalue weighted by molar-refractivity contribution is -0.198. The maximum atomic E-state index is 5.49. The highest BCUT2D eigenvalue weighted by Gasteiger charge is 2.45. The van der Waals surface area contributed by atoms with E-state index in [4.69, 9.17) is 9.47 Å². The standard InChI is InChI=1S/C7H12O2/c1-2-5-7-6(9-5)3-4-8-7/h5-7H,2-4H2,1H3/t5-,6+,7+/m0/s1. The molecule has 2 heteroatoms. The molecule has 2 aliphatic rings. The van der Waals surface area contributed by atoms with Crippen LogP contribution in [0, 0.1) is 0 Å². The van der Waals surface area contributed by atoms with Gasteiger partial charge in [0.15, 0.2) is 0 Å². The van der Waals surface area contributed by atoms with Crippen LogP contribution in [0.15, 0.2) is 0 Å². The Bertz CT molecular complexity index is 113. The average molecular weight is 128 g/mol. The van der Waals surface area contributed by atoms with Crippen LogP contribution in [-0.4, -0.2) is 24.9 Å². The highest BCUT2D eigenvalue weighted by atomic mass is 16.6. The number of rotatable bonds is 1. The molecule has 52 valence electrons. The molecule has 2 aliphatic heterocycles. The van der Waals surface area contributed by atoms with Gasteiger partial charge in [0.1, 0.15) is 6.10 Å². The summed E-state index contributed by atoms with van der Waals surface area (Å²) in [7, 11) is 0. The molecule has 0 radical (unpaired) electrons. The third-order valence-corrected chi connectivity index (χ3v) is 2.20. The van der Waals surface area contributed by atoms with E-state index in [0.717, 1.165) is 19.4 Å². The van der Waals surface area contributed by atoms with Crippen molar-refractivity contribution in [1.82, 2.24) is 0 Å². The van der Waals surface area contributed by atoms with Gasteiger partial charge in [-0.1, -0.05) is 6.92 Å². The molecule has 2 rings (SSSR count). The first-order valence-corrected chi connectivity index (χ1v) is 3.69. The third kappa shape index (κ3) is 0.700. The van der Waals surface area contributed by atoms with Crippen LogP contribution >= 0.6 is 0 Å². The van der Waals surface area contributed by atoms with Crippen molar-refractivity contribution in [3.63, 3.8) is 0 Å². The molecule has 0 aliphatic carbocycles. The molecule has 2 fully saturated rings. The van der Waals surface area contributed by atoms with Crippen molar-refractivity contribution in [2.24, 2.45) is 0 Å². The summed E-state index contributed by atoms with van der Waals surface area (Å²) in [6.07, 6.45) is 3.53. The van der Waals surface area contributed by atoms with Crippen molar-refractivity contribution in [3.05, 3.63) is 0 Å². The zero-order valence-corrected chi connectivity index (χ0v) is 5.67. The maximum absolute atomic E-state index is 5.49. The van der Waals surface area contributed by atoms with Crippen molar-refractivity contribution in [1.29, 1.82) is 0 Å². The average Bonchev–Trinajstić information content (AvgIpc) is 2.14. The fraction of sp³-hybridized carbons (Fsp3) is 1.00. The van der Waals surface area contributed by atoms with Crippen molar-refractivity contribution in [2.45, 2.75) is 38.1 Å². The Morgan fingerprint density at radius 3 is 3.11 bits per heavy atom. The molecule has 0 N–H and O–H groups in total. The summed E-state index contributed by atoms with van der Waals surface area (Å²) in [5.41, 5.74) is 0. The first-order valence-electron chi connectivity index (χ1n) is 3.69. The Morgan fingerprint density at radius 2 is 2.44 bits per heavy atom. The lowest BCUT2D eigenvalue weighted by Crippen LogP contribution is -2.50. The summed E-state index contributed by atoms with van der Waals surface area (Å²) in [4.78, 5) is 0. The quantitative estimate of drug-likeness (QED) is 0.523. The van der Waals surface area contributed by atoms with Crippen LogP contribution in [0.1, 0.15) is 19.8 Å². The van der Waals surface area contributed by atoms with Crippen LogP contribution in [0.4, 0.5) is 0 Å². The Hall–Kier alpha value is -0.0800. The van der Waals surface area contributed by atoms with Crippen LogP contribution in [0.25, 0.3) is 0 Å². The molecule has 0 bridgehead atoms. The van der Waals surface area contributed by atoms with E-state index in [2.05, 4.69) is 6.92 Å². The molecule has 0 amide bonds. The van der Waals surface area contributed by atoms with E-state index in [1.807, 2.05) is 0 Å². The Labute approximate surface area is 55.1 Å². The second-order valence-corrected chi connectivity index (χ2v) is 2.75. The monoisotopic (exact) mass is 128 g/mol. The van der Waals surface area contributed by atoms with E-state index in [1.54, 1.807) is 0 Å². The van der Waals surface area contributed by atoms with Crippen molar-refractivity contribution < 1.29 is 9.47 Å². The van der Waals surface area contributed by atoms with E-state index >= 15 is 0 Å². The van der Waals surface area contributed by atoms with Gasteiger partial charge < -0.3 is 9.47 Å². The van der Waals surface area contributed by atoms with Gasteiger partial charge in [-0.25, -0.2) is 0 Å². The summed E-state index contributed by atoms with van der Waals surface area (Å²) >= 11 is 0. The third-order valence-electron chi connectivity index (χ3n) is 2.20. The summed E-state index contributed by atoms with van der Waals surface area (Å²) in [5.74, 6) is 0. The Balaban J connectivity index is 1.93. The molecule has 2 heterocycles. The van der Waals surface area contributed by atoms with Gasteiger partial charge in [-0.15, -0.1) is 0 Å². The molecular weight excluding hydrogens is 116 g/mol. The molecule has 0 spiro atoms. The number of fused-ring (bicyclic) bond motifs is 1. The Kier molecular flexibility index (Phi) is 1.24. The minimum atomic E-state index is 0.414.